The second kappa shape index (κ2) is 7.94. The molecule has 2 unspecified atom stereocenters. The van der Waals surface area contributed by atoms with Crippen molar-refractivity contribution < 1.29 is 9.72 Å². The number of nitrogens with zero attached hydrogens (tertiary/aromatic N) is 3. The molecule has 0 aromatic heterocycles. The molecule has 0 radical (unpaired) electrons. The molecule has 0 spiro atoms. The van der Waals surface area contributed by atoms with E-state index in [4.69, 9.17) is 0 Å². The zero-order chi connectivity index (χ0) is 24.3. The summed E-state index contributed by atoms with van der Waals surface area (Å²) in [5, 5.41) is 12.6. The van der Waals surface area contributed by atoms with Crippen LogP contribution in [0.25, 0.3) is 0 Å². The monoisotopic (exact) mass is 449 g/mol. The van der Waals surface area contributed by atoms with E-state index in [2.05, 4.69) is 58.6 Å². The number of amides is 1. The summed E-state index contributed by atoms with van der Waals surface area (Å²) < 4.78 is 0. The fraction of sp³-hybridized carbons (Fsp3) is 0.519. The van der Waals surface area contributed by atoms with Crippen molar-refractivity contribution in [2.24, 2.45) is 5.41 Å². The summed E-state index contributed by atoms with van der Waals surface area (Å²) in [6, 6.07) is 15.7. The first-order valence-corrected chi connectivity index (χ1v) is 11.7. The third-order valence-electron chi connectivity index (χ3n) is 7.24. The molecule has 1 amide bonds. The number of nitro groups is 1. The van der Waals surface area contributed by atoms with E-state index in [1.165, 1.54) is 5.56 Å². The van der Waals surface area contributed by atoms with Crippen molar-refractivity contribution in [1.29, 1.82) is 0 Å². The first-order valence-electron chi connectivity index (χ1n) is 11.7. The zero-order valence-electron chi connectivity index (χ0n) is 20.6. The second-order valence-corrected chi connectivity index (χ2v) is 11.6. The van der Waals surface area contributed by atoms with Crippen molar-refractivity contribution in [2.75, 3.05) is 7.05 Å². The maximum absolute atomic E-state index is 13.6. The Morgan fingerprint density at radius 3 is 1.91 bits per heavy atom. The van der Waals surface area contributed by atoms with Gasteiger partial charge in [-0.25, -0.2) is 0 Å². The summed E-state index contributed by atoms with van der Waals surface area (Å²) in [5.41, 5.74) is 2.64. The van der Waals surface area contributed by atoms with E-state index in [1.807, 2.05) is 49.5 Å². The van der Waals surface area contributed by atoms with Gasteiger partial charge in [-0.2, -0.15) is 0 Å². The van der Waals surface area contributed by atoms with Gasteiger partial charge in [-0.15, -0.1) is 0 Å². The predicted molar refractivity (Wildman–Crippen MR) is 129 cm³/mol. The van der Waals surface area contributed by atoms with Crippen molar-refractivity contribution in [3.05, 3.63) is 81.4 Å². The summed E-state index contributed by atoms with van der Waals surface area (Å²) in [6.07, 6.45) is -0.238. The molecule has 2 fully saturated rings. The molecular weight excluding hydrogens is 414 g/mol. The molecule has 33 heavy (non-hydrogen) atoms. The average Bonchev–Trinajstić information content (AvgIpc) is 3.20. The minimum absolute atomic E-state index is 0.0103. The molecule has 176 valence electrons. The van der Waals surface area contributed by atoms with Crippen molar-refractivity contribution in [2.45, 2.75) is 77.2 Å². The third kappa shape index (κ3) is 3.84. The molecule has 5 atom stereocenters. The van der Waals surface area contributed by atoms with Crippen LogP contribution in [-0.4, -0.2) is 45.9 Å². The second-order valence-electron chi connectivity index (χ2n) is 11.6. The van der Waals surface area contributed by atoms with E-state index in [0.29, 0.717) is 0 Å². The Hall–Kier alpha value is -2.73. The molecule has 2 heterocycles. The Morgan fingerprint density at radius 2 is 1.42 bits per heavy atom. The molecule has 0 bridgehead atoms. The predicted octanol–water partition coefficient (Wildman–Crippen LogP) is 4.98. The Morgan fingerprint density at radius 1 is 0.848 bits per heavy atom. The summed E-state index contributed by atoms with van der Waals surface area (Å²) in [6.45, 7) is 12.8. The minimum atomic E-state index is -0.916. The van der Waals surface area contributed by atoms with Crippen molar-refractivity contribution in [3.63, 3.8) is 0 Å². The molecule has 2 saturated heterocycles. The fourth-order valence-electron chi connectivity index (χ4n) is 5.91. The number of fused-ring (bicyclic) bond motifs is 1. The average molecular weight is 450 g/mol. The van der Waals surface area contributed by atoms with Gasteiger partial charge in [0.1, 0.15) is 12.1 Å². The van der Waals surface area contributed by atoms with Crippen LogP contribution in [0.15, 0.2) is 54.6 Å². The van der Waals surface area contributed by atoms with Crippen molar-refractivity contribution >= 4 is 5.91 Å². The van der Waals surface area contributed by atoms with Crippen LogP contribution in [0.4, 0.5) is 0 Å². The lowest BCUT2D eigenvalue weighted by molar-refractivity contribution is -0.529. The van der Waals surface area contributed by atoms with Crippen LogP contribution in [-0.2, 0) is 10.2 Å². The summed E-state index contributed by atoms with van der Waals surface area (Å²) in [7, 11) is 1.83. The van der Waals surface area contributed by atoms with E-state index in [-0.39, 0.29) is 27.8 Å². The van der Waals surface area contributed by atoms with Gasteiger partial charge < -0.3 is 4.90 Å². The van der Waals surface area contributed by atoms with Crippen LogP contribution >= 0.6 is 0 Å². The van der Waals surface area contributed by atoms with Gasteiger partial charge in [0, 0.05) is 12.0 Å². The maximum Gasteiger partial charge on any atom is 0.241 e. The highest BCUT2D eigenvalue weighted by molar-refractivity contribution is 5.86. The molecule has 0 aliphatic carbocycles. The molecule has 0 N–H and O–H groups in total. The lowest BCUT2D eigenvalue weighted by atomic mass is 9.83. The number of benzene rings is 2. The smallest absolute Gasteiger partial charge is 0.241 e. The van der Waals surface area contributed by atoms with Gasteiger partial charge in [0.25, 0.3) is 0 Å². The van der Waals surface area contributed by atoms with Crippen LogP contribution in [0.3, 0.4) is 0 Å². The molecular formula is C27H35N3O3. The highest BCUT2D eigenvalue weighted by atomic mass is 16.6. The molecule has 4 rings (SSSR count). The van der Waals surface area contributed by atoms with Gasteiger partial charge in [0.2, 0.25) is 11.9 Å². The number of carbonyl (C=O) groups is 1. The topological polar surface area (TPSA) is 66.7 Å². The van der Waals surface area contributed by atoms with Gasteiger partial charge in [-0.3, -0.25) is 19.8 Å². The van der Waals surface area contributed by atoms with Crippen LogP contribution in [0.2, 0.25) is 0 Å². The third-order valence-corrected chi connectivity index (χ3v) is 7.24. The summed E-state index contributed by atoms with van der Waals surface area (Å²) >= 11 is 0. The van der Waals surface area contributed by atoms with Crippen molar-refractivity contribution in [1.82, 2.24) is 9.80 Å². The van der Waals surface area contributed by atoms with Gasteiger partial charge in [0.15, 0.2) is 0 Å². The number of hydrogen-bond donors (Lipinski definition) is 0. The van der Waals surface area contributed by atoms with Gasteiger partial charge in [-0.1, -0.05) is 96.1 Å². The summed E-state index contributed by atoms with van der Waals surface area (Å²) in [4.78, 5) is 30.0. The molecule has 2 aliphatic heterocycles. The first-order chi connectivity index (χ1) is 15.3. The Kier molecular flexibility index (Phi) is 5.64. The highest BCUT2D eigenvalue weighted by Crippen LogP contribution is 2.53. The Bertz CT molecular complexity index is 1040. The van der Waals surface area contributed by atoms with Gasteiger partial charge >= 0.3 is 0 Å². The zero-order valence-corrected chi connectivity index (χ0v) is 20.6. The van der Waals surface area contributed by atoms with Crippen LogP contribution in [0.5, 0.6) is 0 Å². The standard InChI is InChI=1S/C27H35N3O3/c1-26(2,3)19-15-13-18(14-16-19)21-22(30(32)33)20(17-11-9-8-10-12-17)23-24(31)28(7)25(29(21)23)27(4,5)6/h8-16,20-23,25H,1-7H3/t20-,21+,22-,23?,25?/m0/s1. The van der Waals surface area contributed by atoms with Gasteiger partial charge in [0.05, 0.1) is 12.1 Å². The van der Waals surface area contributed by atoms with Crippen LogP contribution in [0.1, 0.15) is 70.2 Å². The number of likely N-dealkylation sites (N-methyl/N-ethyl adjacent to an activating group) is 1. The fourth-order valence-corrected chi connectivity index (χ4v) is 5.91. The lowest BCUT2D eigenvalue weighted by Crippen LogP contribution is -2.49. The summed E-state index contributed by atoms with van der Waals surface area (Å²) in [5.74, 6) is -0.555. The van der Waals surface area contributed by atoms with Crippen molar-refractivity contribution in [3.8, 4) is 0 Å². The molecule has 0 saturated carbocycles. The largest absolute Gasteiger partial charge is 0.328 e. The maximum atomic E-state index is 13.6. The van der Waals surface area contributed by atoms with Crippen LogP contribution < -0.4 is 0 Å². The van der Waals surface area contributed by atoms with E-state index in [1.54, 1.807) is 4.90 Å². The van der Waals surface area contributed by atoms with E-state index in [9.17, 15) is 14.9 Å². The lowest BCUT2D eigenvalue weighted by Gasteiger charge is -2.40. The Balaban J connectivity index is 1.92. The Labute approximate surface area is 196 Å². The molecule has 6 heteroatoms. The van der Waals surface area contributed by atoms with E-state index >= 15 is 0 Å². The molecule has 2 aliphatic rings. The minimum Gasteiger partial charge on any atom is -0.328 e. The first kappa shape index (κ1) is 23.4. The van der Waals surface area contributed by atoms with E-state index < -0.39 is 24.0 Å². The molecule has 6 nitrogen and oxygen atoms in total. The number of carbonyl (C=O) groups excluding carboxylic acids is 1. The SMILES string of the molecule is CN1C(=O)C2[C@@H](c3ccccc3)[C@H]([N+](=O)[O-])[C@@H](c3ccc(C(C)(C)C)cc3)N2C1C(C)(C)C. The quantitative estimate of drug-likeness (QED) is 0.489. The normalized spacial score (nSPS) is 28.3. The molecule has 2 aromatic carbocycles. The van der Waals surface area contributed by atoms with Crippen LogP contribution in [0, 0.1) is 15.5 Å². The number of rotatable bonds is 3. The van der Waals surface area contributed by atoms with Gasteiger partial charge in [-0.05, 0) is 27.5 Å². The van der Waals surface area contributed by atoms with E-state index in [0.717, 1.165) is 11.1 Å². The number of hydrogen-bond acceptors (Lipinski definition) is 4. The molecule has 2 aromatic rings. The highest BCUT2D eigenvalue weighted by Gasteiger charge is 2.66.